The molecule has 17 heteroatoms. The van der Waals surface area contributed by atoms with E-state index in [4.69, 9.17) is 14.4 Å². The summed E-state index contributed by atoms with van der Waals surface area (Å²) in [5.41, 5.74) is 3.92. The molecule has 15 nitrogen and oxygen atoms in total. The van der Waals surface area contributed by atoms with E-state index in [1.807, 2.05) is 17.6 Å². The van der Waals surface area contributed by atoms with Gasteiger partial charge in [0.05, 0.1) is 45.8 Å². The Hall–Kier alpha value is -6.88. The van der Waals surface area contributed by atoms with E-state index < -0.39 is 28.8 Å². The molecule has 2 fully saturated rings. The number of rotatable bonds is 7. The minimum absolute atomic E-state index is 0.00109. The third-order valence-corrected chi connectivity index (χ3v) is 14.2. The molecule has 0 radical (unpaired) electrons. The van der Waals surface area contributed by atoms with Gasteiger partial charge in [0.15, 0.2) is 11.6 Å². The van der Waals surface area contributed by atoms with Crippen LogP contribution in [-0.2, 0) is 23.7 Å². The average Bonchev–Trinajstić information content (AvgIpc) is 3.90. The number of carbonyl (C=O) groups is 1. The molecular formula is C48H48F2N10O5. The summed E-state index contributed by atoms with van der Waals surface area (Å²) in [7, 11) is 1.72. The fourth-order valence-corrected chi connectivity index (χ4v) is 10.8. The van der Waals surface area contributed by atoms with E-state index in [9.17, 15) is 9.59 Å². The highest BCUT2D eigenvalue weighted by atomic mass is 19.1. The maximum absolute atomic E-state index is 16.1. The molecule has 3 aromatic carbocycles. The highest BCUT2D eigenvalue weighted by molar-refractivity contribution is 6.00. The molecule has 11 rings (SSSR count). The van der Waals surface area contributed by atoms with Crippen LogP contribution in [-0.4, -0.2) is 73.0 Å². The van der Waals surface area contributed by atoms with Crippen molar-refractivity contribution in [3.8, 4) is 17.2 Å². The summed E-state index contributed by atoms with van der Waals surface area (Å²) < 4.78 is 50.2. The van der Waals surface area contributed by atoms with Gasteiger partial charge in [-0.15, -0.1) is 0 Å². The topological polar surface area (TPSA) is 156 Å². The van der Waals surface area contributed by atoms with Gasteiger partial charge in [-0.1, -0.05) is 18.1 Å². The fourth-order valence-electron chi connectivity index (χ4n) is 10.8. The van der Waals surface area contributed by atoms with E-state index in [0.717, 1.165) is 29.3 Å². The van der Waals surface area contributed by atoms with Crippen LogP contribution in [0.2, 0.25) is 0 Å². The first-order valence-electron chi connectivity index (χ1n) is 22.0. The summed E-state index contributed by atoms with van der Waals surface area (Å²) in [6.07, 6.45) is 7.17. The minimum atomic E-state index is -0.857. The number of aromatic nitrogens is 9. The molecule has 8 aromatic rings. The van der Waals surface area contributed by atoms with Gasteiger partial charge < -0.3 is 14.2 Å². The number of ether oxygens (including phenoxy) is 1. The van der Waals surface area contributed by atoms with Gasteiger partial charge in [-0.3, -0.25) is 28.1 Å². The molecule has 1 aliphatic carbocycles. The van der Waals surface area contributed by atoms with Crippen LogP contribution >= 0.6 is 0 Å². The zero-order valence-corrected chi connectivity index (χ0v) is 37.1. The molecule has 2 aliphatic heterocycles. The van der Waals surface area contributed by atoms with Crippen LogP contribution in [0.15, 0.2) is 81.2 Å². The van der Waals surface area contributed by atoms with Gasteiger partial charge in [0.25, 0.3) is 5.91 Å². The first-order chi connectivity index (χ1) is 31.1. The number of hydrogen-bond donors (Lipinski definition) is 1. The monoisotopic (exact) mass is 882 g/mol. The highest BCUT2D eigenvalue weighted by Crippen LogP contribution is 2.56. The maximum atomic E-state index is 16.1. The summed E-state index contributed by atoms with van der Waals surface area (Å²) in [6.45, 7) is 12.5. The van der Waals surface area contributed by atoms with Crippen LogP contribution in [0.3, 0.4) is 0 Å². The van der Waals surface area contributed by atoms with E-state index >= 15 is 13.6 Å². The quantitative estimate of drug-likeness (QED) is 0.173. The molecule has 1 saturated carbocycles. The van der Waals surface area contributed by atoms with Gasteiger partial charge in [0.1, 0.15) is 22.9 Å². The minimum Gasteiger partial charge on any atom is -0.376 e. The number of fused-ring (bicyclic) bond motifs is 3. The Bertz CT molecular complexity index is 3380. The first-order valence-corrected chi connectivity index (χ1v) is 22.0. The van der Waals surface area contributed by atoms with Crippen molar-refractivity contribution >= 4 is 27.7 Å². The Morgan fingerprint density at radius 1 is 0.938 bits per heavy atom. The lowest BCUT2D eigenvalue weighted by Gasteiger charge is -2.35. The van der Waals surface area contributed by atoms with Crippen LogP contribution in [0.5, 0.6) is 0 Å². The van der Waals surface area contributed by atoms with Crippen molar-refractivity contribution in [2.45, 2.75) is 90.3 Å². The largest absolute Gasteiger partial charge is 0.438 e. The molecule has 0 bridgehead atoms. The SMILES string of the molecule is Cc1cc(-n2nc3c(c2-n2ccn(-c4ccc5c(cnn5C)c4F)c2=O)C(C)N(C(=O)c2cc4cc(C5CCOC(C)(C)C5)ccc4n2C2(c4noc(=O)[nH]4)CC2C)CC3)cc(C)c1F. The average molecular weight is 883 g/mol. The van der Waals surface area contributed by atoms with E-state index in [1.165, 1.54) is 21.5 Å². The first kappa shape index (κ1) is 40.9. The van der Waals surface area contributed by atoms with Gasteiger partial charge in [-0.25, -0.2) is 23.1 Å². The second-order valence-electron chi connectivity index (χ2n) is 18.8. The highest BCUT2D eigenvalue weighted by Gasteiger charge is 2.59. The predicted octanol–water partition coefficient (Wildman–Crippen LogP) is 7.44. The van der Waals surface area contributed by atoms with Gasteiger partial charge in [-0.05, 0) is 125 Å². The molecule has 1 N–H and O–H groups in total. The van der Waals surface area contributed by atoms with E-state index in [1.54, 1.807) is 65.6 Å². The third kappa shape index (κ3) is 6.14. The van der Waals surface area contributed by atoms with E-state index in [2.05, 4.69) is 54.2 Å². The zero-order chi connectivity index (χ0) is 45.4. The molecule has 1 saturated heterocycles. The lowest BCUT2D eigenvalue weighted by Crippen LogP contribution is -2.41. The third-order valence-electron chi connectivity index (χ3n) is 14.2. The summed E-state index contributed by atoms with van der Waals surface area (Å²) in [5, 5.41) is 14.6. The molecule has 334 valence electrons. The Kier molecular flexibility index (Phi) is 9.00. The van der Waals surface area contributed by atoms with Gasteiger partial charge >= 0.3 is 11.4 Å². The molecule has 4 atom stereocenters. The number of amides is 1. The standard InChI is InChI=1S/C48H48F2N10O5/c1-25-18-32(19-26(2)40(25)49)60-42(58-16-15-57(46(58)63)37-11-10-36-33(41(37)50)24-51-55(36)7)39-28(4)56(14-12-34(39)53-60)43(61)38-21-31-20-29(30-13-17-64-47(5,6)23-30)8-9-35(31)59(38)48(22-27(48)3)44-52-45(62)65-54-44/h8-11,15-16,18-21,24,27-28,30H,12-14,17,22-23H2,1-7H3,(H,52,54,62). The van der Waals surface area contributed by atoms with Crippen molar-refractivity contribution in [1.82, 2.24) is 48.3 Å². The zero-order valence-electron chi connectivity index (χ0n) is 37.1. The normalized spacial score (nSPS) is 21.7. The van der Waals surface area contributed by atoms with Gasteiger partial charge in [0.2, 0.25) is 0 Å². The Morgan fingerprint density at radius 3 is 2.38 bits per heavy atom. The number of nitrogens with one attached hydrogen (secondary N) is 1. The van der Waals surface area contributed by atoms with Crippen molar-refractivity contribution in [1.29, 1.82) is 0 Å². The molecule has 65 heavy (non-hydrogen) atoms. The molecule has 1 amide bonds. The number of carbonyl (C=O) groups excluding carboxylic acids is 1. The number of halogens is 2. The van der Waals surface area contributed by atoms with Gasteiger partial charge in [0, 0.05) is 55.5 Å². The van der Waals surface area contributed by atoms with Gasteiger partial charge in [-0.2, -0.15) is 10.2 Å². The molecule has 7 heterocycles. The van der Waals surface area contributed by atoms with Crippen molar-refractivity contribution in [2.24, 2.45) is 13.0 Å². The fraction of sp³-hybridized carbons (Fsp3) is 0.375. The summed E-state index contributed by atoms with van der Waals surface area (Å²) >= 11 is 0. The molecule has 5 aromatic heterocycles. The van der Waals surface area contributed by atoms with E-state index in [0.29, 0.717) is 76.9 Å². The van der Waals surface area contributed by atoms with E-state index in [-0.39, 0.29) is 40.2 Å². The maximum Gasteiger partial charge on any atom is 0.438 e. The van der Waals surface area contributed by atoms with Crippen molar-refractivity contribution in [3.05, 3.63) is 139 Å². The number of H-pyrrole nitrogens is 1. The second-order valence-corrected chi connectivity index (χ2v) is 18.8. The summed E-state index contributed by atoms with van der Waals surface area (Å²) in [6, 6.07) is 14.3. The Labute approximate surface area is 370 Å². The van der Waals surface area contributed by atoms with Crippen LogP contribution in [0, 0.1) is 31.4 Å². The lowest BCUT2D eigenvalue weighted by molar-refractivity contribution is -0.0592. The Morgan fingerprint density at radius 2 is 1.68 bits per heavy atom. The van der Waals surface area contributed by atoms with Crippen LogP contribution < -0.4 is 11.4 Å². The smallest absolute Gasteiger partial charge is 0.376 e. The second kappa shape index (κ2) is 14.3. The molecule has 3 aliphatic rings. The Balaban J connectivity index is 1.06. The van der Waals surface area contributed by atoms with Crippen molar-refractivity contribution in [3.63, 3.8) is 0 Å². The lowest BCUT2D eigenvalue weighted by atomic mass is 9.83. The predicted molar refractivity (Wildman–Crippen MR) is 237 cm³/mol. The molecular weight excluding hydrogens is 835 g/mol. The number of benzene rings is 3. The number of nitrogens with zero attached hydrogens (tertiary/aromatic N) is 9. The van der Waals surface area contributed by atoms with Crippen LogP contribution in [0.1, 0.15) is 103 Å². The molecule has 0 spiro atoms. The number of hydrogen-bond acceptors (Lipinski definition) is 8. The summed E-state index contributed by atoms with van der Waals surface area (Å²) in [5.74, 6) is -0.925. The van der Waals surface area contributed by atoms with Crippen LogP contribution in [0.4, 0.5) is 8.78 Å². The number of aryl methyl sites for hydroxylation is 3. The number of imidazole rings is 1. The van der Waals surface area contributed by atoms with Crippen LogP contribution in [0.25, 0.3) is 39.0 Å². The van der Waals surface area contributed by atoms with Crippen molar-refractivity contribution in [2.75, 3.05) is 13.2 Å². The molecule has 4 unspecified atom stereocenters. The van der Waals surface area contributed by atoms with Crippen molar-refractivity contribution < 1.29 is 22.8 Å². The summed E-state index contributed by atoms with van der Waals surface area (Å²) in [4.78, 5) is 47.2. The number of aromatic amines is 1.